The van der Waals surface area contributed by atoms with Gasteiger partial charge < -0.3 is 0 Å². The minimum Gasteiger partial charge on any atom is -0.259 e. The molecular formula is C11H10N2O2. The maximum absolute atomic E-state index is 10.1. The zero-order valence-electron chi connectivity index (χ0n) is 8.30. The lowest BCUT2D eigenvalue weighted by Crippen LogP contribution is -1.87. The van der Waals surface area contributed by atoms with E-state index in [-0.39, 0.29) is 0 Å². The van der Waals surface area contributed by atoms with Crippen molar-refractivity contribution in [2.75, 3.05) is 0 Å². The minimum atomic E-state index is -0.522. The molecule has 15 heavy (non-hydrogen) atoms. The van der Waals surface area contributed by atoms with E-state index in [0.29, 0.717) is 11.4 Å². The van der Waals surface area contributed by atoms with Crippen molar-refractivity contribution in [2.45, 2.75) is 13.3 Å². The van der Waals surface area contributed by atoms with Crippen molar-refractivity contribution in [3.8, 4) is 11.8 Å². The molecule has 0 amide bonds. The van der Waals surface area contributed by atoms with E-state index in [1.165, 1.54) is 6.08 Å². The molecule has 1 heterocycles. The van der Waals surface area contributed by atoms with Crippen molar-refractivity contribution >= 4 is 6.08 Å². The normalized spacial score (nSPS) is 9.67. The van der Waals surface area contributed by atoms with Crippen LogP contribution in [0.25, 0.3) is 6.08 Å². The van der Waals surface area contributed by atoms with E-state index in [9.17, 15) is 10.1 Å². The smallest absolute Gasteiger partial charge is 0.236 e. The molecule has 4 nitrogen and oxygen atoms in total. The third-order valence-electron chi connectivity index (χ3n) is 1.53. The Morgan fingerprint density at radius 3 is 3.07 bits per heavy atom. The molecule has 0 saturated carbocycles. The van der Waals surface area contributed by atoms with Gasteiger partial charge in [-0.1, -0.05) is 18.9 Å². The van der Waals surface area contributed by atoms with Crippen LogP contribution in [0.3, 0.4) is 0 Å². The molecule has 0 saturated heterocycles. The highest BCUT2D eigenvalue weighted by Gasteiger charge is 1.93. The summed E-state index contributed by atoms with van der Waals surface area (Å²) >= 11 is 0. The number of rotatable bonds is 2. The monoisotopic (exact) mass is 202 g/mol. The van der Waals surface area contributed by atoms with Gasteiger partial charge in [-0.25, -0.2) is 4.98 Å². The molecule has 0 aliphatic heterocycles. The van der Waals surface area contributed by atoms with Crippen LogP contribution < -0.4 is 0 Å². The zero-order valence-corrected chi connectivity index (χ0v) is 8.30. The van der Waals surface area contributed by atoms with Gasteiger partial charge in [0.2, 0.25) is 6.20 Å². The van der Waals surface area contributed by atoms with Crippen LogP contribution in [-0.4, -0.2) is 9.91 Å². The highest BCUT2D eigenvalue weighted by Crippen LogP contribution is 2.00. The van der Waals surface area contributed by atoms with Crippen molar-refractivity contribution < 1.29 is 4.92 Å². The summed E-state index contributed by atoms with van der Waals surface area (Å²) in [5, 5.41) is 10.1. The van der Waals surface area contributed by atoms with E-state index in [1.807, 2.05) is 6.92 Å². The van der Waals surface area contributed by atoms with Crippen molar-refractivity contribution in [1.82, 2.24) is 4.98 Å². The molecule has 1 rings (SSSR count). The summed E-state index contributed by atoms with van der Waals surface area (Å²) in [5.74, 6) is 5.74. The first-order valence-electron chi connectivity index (χ1n) is 4.50. The maximum atomic E-state index is 10.1. The molecule has 0 atom stereocenters. The van der Waals surface area contributed by atoms with Crippen LogP contribution in [0, 0.1) is 22.0 Å². The molecule has 0 spiro atoms. The fraction of sp³-hybridized carbons (Fsp3) is 0.182. The lowest BCUT2D eigenvalue weighted by atomic mass is 10.3. The Hall–Kier alpha value is -2.15. The third-order valence-corrected chi connectivity index (χ3v) is 1.53. The molecule has 1 aromatic heterocycles. The van der Waals surface area contributed by atoms with Gasteiger partial charge in [0.15, 0.2) is 0 Å². The van der Waals surface area contributed by atoms with Crippen molar-refractivity contribution in [1.29, 1.82) is 0 Å². The number of pyridine rings is 1. The van der Waals surface area contributed by atoms with Gasteiger partial charge in [-0.05, 0) is 18.1 Å². The standard InChI is InChI=1S/C11H10N2O2/c1-2-3-5-10-6-4-7-11(12-10)8-9-13(14)15/h4,6-9H,2H2,1H3/b9-8+. The number of hydrogen-bond acceptors (Lipinski definition) is 3. The molecular weight excluding hydrogens is 192 g/mol. The number of aromatic nitrogens is 1. The molecule has 0 bridgehead atoms. The second-order valence-electron chi connectivity index (χ2n) is 2.70. The quantitative estimate of drug-likeness (QED) is 0.419. The summed E-state index contributed by atoms with van der Waals surface area (Å²) in [7, 11) is 0. The van der Waals surface area contributed by atoms with Gasteiger partial charge >= 0.3 is 0 Å². The van der Waals surface area contributed by atoms with E-state index in [0.717, 1.165) is 12.6 Å². The first kappa shape index (κ1) is 10.9. The molecule has 0 aromatic carbocycles. The Morgan fingerprint density at radius 1 is 1.60 bits per heavy atom. The topological polar surface area (TPSA) is 56.0 Å². The lowest BCUT2D eigenvalue weighted by molar-refractivity contribution is -0.401. The fourth-order valence-electron chi connectivity index (χ4n) is 0.930. The van der Waals surface area contributed by atoms with Crippen molar-refractivity contribution in [2.24, 2.45) is 0 Å². The first-order valence-corrected chi connectivity index (χ1v) is 4.50. The van der Waals surface area contributed by atoms with Gasteiger partial charge in [-0.3, -0.25) is 10.1 Å². The highest BCUT2D eigenvalue weighted by molar-refractivity contribution is 5.44. The minimum absolute atomic E-state index is 0.522. The summed E-state index contributed by atoms with van der Waals surface area (Å²) in [6, 6.07) is 5.23. The predicted octanol–water partition coefficient (Wildman–Crippen LogP) is 2.09. The van der Waals surface area contributed by atoms with Crippen LogP contribution in [0.15, 0.2) is 24.4 Å². The largest absolute Gasteiger partial charge is 0.259 e. The Morgan fingerprint density at radius 2 is 2.40 bits per heavy atom. The van der Waals surface area contributed by atoms with E-state index >= 15 is 0 Å². The van der Waals surface area contributed by atoms with Crippen LogP contribution in [0.2, 0.25) is 0 Å². The van der Waals surface area contributed by atoms with Gasteiger partial charge in [0, 0.05) is 12.5 Å². The molecule has 0 aliphatic carbocycles. The SMILES string of the molecule is CCC#Cc1cccc(/C=C/[N+](=O)[O-])n1. The molecule has 0 fully saturated rings. The van der Waals surface area contributed by atoms with Gasteiger partial charge in [-0.15, -0.1) is 0 Å². The average molecular weight is 202 g/mol. The average Bonchev–Trinajstić information content (AvgIpc) is 2.24. The van der Waals surface area contributed by atoms with Crippen LogP contribution in [0.1, 0.15) is 24.7 Å². The van der Waals surface area contributed by atoms with Crippen LogP contribution in [0.5, 0.6) is 0 Å². The Bertz CT molecular complexity index is 441. The molecule has 1 aromatic rings. The molecule has 4 heteroatoms. The van der Waals surface area contributed by atoms with Crippen LogP contribution >= 0.6 is 0 Å². The van der Waals surface area contributed by atoms with Gasteiger partial charge in [-0.2, -0.15) is 0 Å². The van der Waals surface area contributed by atoms with E-state index in [2.05, 4.69) is 16.8 Å². The lowest BCUT2D eigenvalue weighted by Gasteiger charge is -1.92. The number of nitro groups is 1. The highest BCUT2D eigenvalue weighted by atomic mass is 16.6. The third kappa shape index (κ3) is 4.05. The van der Waals surface area contributed by atoms with Gasteiger partial charge in [0.25, 0.3) is 0 Å². The second kappa shape index (κ2) is 5.55. The fourth-order valence-corrected chi connectivity index (χ4v) is 0.930. The van der Waals surface area contributed by atoms with E-state index in [4.69, 9.17) is 0 Å². The Labute approximate surface area is 87.8 Å². The van der Waals surface area contributed by atoms with E-state index in [1.54, 1.807) is 18.2 Å². The maximum Gasteiger partial charge on any atom is 0.236 e. The Balaban J connectivity index is 2.87. The molecule has 76 valence electrons. The van der Waals surface area contributed by atoms with Gasteiger partial charge in [0.1, 0.15) is 5.69 Å². The van der Waals surface area contributed by atoms with Crippen LogP contribution in [0.4, 0.5) is 0 Å². The summed E-state index contributed by atoms with van der Waals surface area (Å²) < 4.78 is 0. The summed E-state index contributed by atoms with van der Waals surface area (Å²) in [6.07, 6.45) is 2.97. The number of nitrogens with zero attached hydrogens (tertiary/aromatic N) is 2. The summed E-state index contributed by atoms with van der Waals surface area (Å²) in [6.45, 7) is 1.95. The summed E-state index contributed by atoms with van der Waals surface area (Å²) in [5.41, 5.74) is 1.16. The first-order chi connectivity index (χ1) is 7.22. The molecule has 0 aliphatic rings. The van der Waals surface area contributed by atoms with Gasteiger partial charge in [0.05, 0.1) is 10.6 Å². The van der Waals surface area contributed by atoms with Crippen molar-refractivity contribution in [3.63, 3.8) is 0 Å². The summed E-state index contributed by atoms with van der Waals surface area (Å²) in [4.78, 5) is 13.7. The number of hydrogen-bond donors (Lipinski definition) is 0. The second-order valence-corrected chi connectivity index (χ2v) is 2.70. The molecule has 0 unspecified atom stereocenters. The van der Waals surface area contributed by atoms with Crippen molar-refractivity contribution in [3.05, 3.63) is 45.9 Å². The zero-order chi connectivity index (χ0) is 11.1. The molecule has 0 N–H and O–H groups in total. The molecule has 0 radical (unpaired) electrons. The predicted molar refractivity (Wildman–Crippen MR) is 57.4 cm³/mol. The van der Waals surface area contributed by atoms with Crippen LogP contribution in [-0.2, 0) is 0 Å². The Kier molecular flexibility index (Phi) is 4.05. The van der Waals surface area contributed by atoms with E-state index < -0.39 is 4.92 Å².